The predicted molar refractivity (Wildman–Crippen MR) is 110 cm³/mol. The number of nitrogens with one attached hydrogen (secondary N) is 1. The minimum absolute atomic E-state index is 0.0276. The molecule has 3 aromatic rings. The van der Waals surface area contributed by atoms with Crippen molar-refractivity contribution in [3.8, 4) is 11.8 Å². The van der Waals surface area contributed by atoms with Gasteiger partial charge in [-0.25, -0.2) is 4.68 Å². The van der Waals surface area contributed by atoms with E-state index in [1.807, 2.05) is 56.3 Å². The first kappa shape index (κ1) is 19.3. The lowest BCUT2D eigenvalue weighted by molar-refractivity contribution is 0.103. The molecule has 6 heteroatoms. The molecular weight excluding hydrogens is 350 g/mol. The van der Waals surface area contributed by atoms with Crippen LogP contribution in [0.1, 0.15) is 40.5 Å². The summed E-state index contributed by atoms with van der Waals surface area (Å²) in [5.74, 6) is 0.228. The lowest BCUT2D eigenvalue weighted by Crippen LogP contribution is -2.20. The van der Waals surface area contributed by atoms with E-state index in [1.54, 1.807) is 16.8 Å². The van der Waals surface area contributed by atoms with Gasteiger partial charge in [0.2, 0.25) is 5.78 Å². The van der Waals surface area contributed by atoms with Gasteiger partial charge in [0.05, 0.1) is 5.69 Å². The summed E-state index contributed by atoms with van der Waals surface area (Å²) >= 11 is 0. The topological polar surface area (TPSA) is 96.7 Å². The third-order valence-electron chi connectivity index (χ3n) is 4.42. The summed E-state index contributed by atoms with van der Waals surface area (Å²) in [6, 6.07) is 18.9. The highest BCUT2D eigenvalue weighted by Crippen LogP contribution is 2.25. The zero-order chi connectivity index (χ0) is 20.1. The van der Waals surface area contributed by atoms with Gasteiger partial charge in [0.15, 0.2) is 5.69 Å². The number of ketones is 1. The average molecular weight is 373 g/mol. The summed E-state index contributed by atoms with van der Waals surface area (Å²) in [6.45, 7) is 4.45. The Bertz CT molecular complexity index is 998. The van der Waals surface area contributed by atoms with Gasteiger partial charge in [0.1, 0.15) is 17.5 Å². The third-order valence-corrected chi connectivity index (χ3v) is 4.42. The van der Waals surface area contributed by atoms with E-state index >= 15 is 0 Å². The number of carbonyl (C=O) groups is 1. The minimum Gasteiger partial charge on any atom is -0.369 e. The number of aromatic nitrogens is 2. The second-order valence-electron chi connectivity index (χ2n) is 6.82. The average Bonchev–Trinajstić information content (AvgIpc) is 3.07. The SMILES string of the molecule is Cc1ccc(C(=O)c2nn(-c3ccccc3)c(NCCC(C)N)c2C#N)cc1. The molecular formula is C22H23N5O. The van der Waals surface area contributed by atoms with Crippen LogP contribution in [0.4, 0.5) is 5.82 Å². The van der Waals surface area contributed by atoms with Crippen LogP contribution < -0.4 is 11.1 Å². The summed E-state index contributed by atoms with van der Waals surface area (Å²) < 4.78 is 1.61. The molecule has 28 heavy (non-hydrogen) atoms. The summed E-state index contributed by atoms with van der Waals surface area (Å²) in [5.41, 5.74) is 8.54. The Labute approximate surface area is 164 Å². The number of hydrogen-bond donors (Lipinski definition) is 2. The Kier molecular flexibility index (Phi) is 5.87. The van der Waals surface area contributed by atoms with Crippen LogP contribution in [0.3, 0.4) is 0 Å². The number of para-hydroxylation sites is 1. The van der Waals surface area contributed by atoms with Crippen molar-refractivity contribution in [2.75, 3.05) is 11.9 Å². The molecule has 0 saturated carbocycles. The fourth-order valence-corrected chi connectivity index (χ4v) is 2.86. The molecule has 1 atom stereocenters. The van der Waals surface area contributed by atoms with Gasteiger partial charge in [-0.1, -0.05) is 48.0 Å². The van der Waals surface area contributed by atoms with Gasteiger partial charge in [-0.2, -0.15) is 10.4 Å². The summed E-state index contributed by atoms with van der Waals surface area (Å²) in [5, 5.41) is 17.5. The Morgan fingerprint density at radius 1 is 1.21 bits per heavy atom. The summed E-state index contributed by atoms with van der Waals surface area (Å²) in [7, 11) is 0. The standard InChI is InChI=1S/C22H23N5O/c1-15-8-10-17(11-9-15)21(28)20-19(14-23)22(25-13-12-16(2)24)27(26-20)18-6-4-3-5-7-18/h3-11,16,25H,12-13,24H2,1-2H3. The highest BCUT2D eigenvalue weighted by atomic mass is 16.1. The maximum absolute atomic E-state index is 13.0. The molecule has 0 aliphatic heterocycles. The van der Waals surface area contributed by atoms with Crippen LogP contribution in [-0.4, -0.2) is 28.2 Å². The molecule has 2 aromatic carbocycles. The first-order chi connectivity index (χ1) is 13.5. The van der Waals surface area contributed by atoms with Crippen LogP contribution in [0.5, 0.6) is 0 Å². The molecule has 142 valence electrons. The molecule has 3 rings (SSSR count). The number of nitrogens with zero attached hydrogens (tertiary/aromatic N) is 3. The molecule has 0 bridgehead atoms. The second-order valence-corrected chi connectivity index (χ2v) is 6.82. The molecule has 1 heterocycles. The Hall–Kier alpha value is -3.43. The van der Waals surface area contributed by atoms with Gasteiger partial charge < -0.3 is 11.1 Å². The number of nitriles is 1. The Balaban J connectivity index is 2.07. The van der Waals surface area contributed by atoms with Crippen molar-refractivity contribution >= 4 is 11.6 Å². The Morgan fingerprint density at radius 2 is 1.89 bits per heavy atom. The number of rotatable bonds is 7. The summed E-state index contributed by atoms with van der Waals surface area (Å²) in [4.78, 5) is 13.0. The number of carbonyl (C=O) groups excluding carboxylic acids is 1. The van der Waals surface area contributed by atoms with E-state index < -0.39 is 0 Å². The van der Waals surface area contributed by atoms with E-state index in [4.69, 9.17) is 5.73 Å². The van der Waals surface area contributed by atoms with E-state index in [0.717, 1.165) is 17.7 Å². The third kappa shape index (κ3) is 4.11. The molecule has 0 radical (unpaired) electrons. The van der Waals surface area contributed by atoms with Crippen molar-refractivity contribution in [2.24, 2.45) is 5.73 Å². The molecule has 1 aromatic heterocycles. The Morgan fingerprint density at radius 3 is 2.50 bits per heavy atom. The van der Waals surface area contributed by atoms with Crippen LogP contribution >= 0.6 is 0 Å². The molecule has 6 nitrogen and oxygen atoms in total. The van der Waals surface area contributed by atoms with Gasteiger partial charge in [-0.3, -0.25) is 4.79 Å². The van der Waals surface area contributed by atoms with Crippen LogP contribution in [-0.2, 0) is 0 Å². The smallest absolute Gasteiger partial charge is 0.214 e. The maximum atomic E-state index is 13.0. The molecule has 0 aliphatic carbocycles. The van der Waals surface area contributed by atoms with Gasteiger partial charge in [0.25, 0.3) is 0 Å². The van der Waals surface area contributed by atoms with Gasteiger partial charge in [0, 0.05) is 18.2 Å². The lowest BCUT2D eigenvalue weighted by Gasteiger charge is -2.11. The summed E-state index contributed by atoms with van der Waals surface area (Å²) in [6.07, 6.45) is 0.728. The minimum atomic E-state index is -0.276. The molecule has 0 aliphatic rings. The van der Waals surface area contributed by atoms with Crippen molar-refractivity contribution in [1.29, 1.82) is 5.26 Å². The molecule has 0 fully saturated rings. The number of aryl methyl sites for hydroxylation is 1. The number of benzene rings is 2. The van der Waals surface area contributed by atoms with Crippen LogP contribution in [0.25, 0.3) is 5.69 Å². The number of hydrogen-bond acceptors (Lipinski definition) is 5. The highest BCUT2D eigenvalue weighted by molar-refractivity contribution is 6.10. The maximum Gasteiger partial charge on any atom is 0.214 e. The molecule has 0 spiro atoms. The lowest BCUT2D eigenvalue weighted by atomic mass is 10.0. The van der Waals surface area contributed by atoms with E-state index in [-0.39, 0.29) is 23.1 Å². The fourth-order valence-electron chi connectivity index (χ4n) is 2.86. The number of nitrogens with two attached hydrogens (primary N) is 1. The van der Waals surface area contributed by atoms with Crippen molar-refractivity contribution in [1.82, 2.24) is 9.78 Å². The molecule has 1 unspecified atom stereocenters. The molecule has 0 saturated heterocycles. The zero-order valence-corrected chi connectivity index (χ0v) is 16.0. The van der Waals surface area contributed by atoms with Crippen LogP contribution in [0.2, 0.25) is 0 Å². The van der Waals surface area contributed by atoms with Crippen LogP contribution in [0.15, 0.2) is 54.6 Å². The molecule has 3 N–H and O–H groups in total. The van der Waals surface area contributed by atoms with E-state index in [2.05, 4.69) is 16.5 Å². The van der Waals surface area contributed by atoms with Crippen LogP contribution in [0, 0.1) is 18.3 Å². The zero-order valence-electron chi connectivity index (χ0n) is 16.0. The first-order valence-corrected chi connectivity index (χ1v) is 9.20. The van der Waals surface area contributed by atoms with Gasteiger partial charge >= 0.3 is 0 Å². The normalized spacial score (nSPS) is 11.6. The van der Waals surface area contributed by atoms with Gasteiger partial charge in [-0.15, -0.1) is 0 Å². The number of anilines is 1. The highest BCUT2D eigenvalue weighted by Gasteiger charge is 2.24. The van der Waals surface area contributed by atoms with Gasteiger partial charge in [-0.05, 0) is 32.4 Å². The van der Waals surface area contributed by atoms with E-state index in [1.165, 1.54) is 0 Å². The van der Waals surface area contributed by atoms with Crippen molar-refractivity contribution in [3.05, 3.63) is 77.0 Å². The fraction of sp³-hybridized carbons (Fsp3) is 0.227. The largest absolute Gasteiger partial charge is 0.369 e. The predicted octanol–water partition coefficient (Wildman–Crippen LogP) is 3.43. The van der Waals surface area contributed by atoms with E-state index in [0.29, 0.717) is 17.9 Å². The monoisotopic (exact) mass is 373 g/mol. The van der Waals surface area contributed by atoms with Crippen molar-refractivity contribution in [2.45, 2.75) is 26.3 Å². The first-order valence-electron chi connectivity index (χ1n) is 9.20. The molecule has 0 amide bonds. The van der Waals surface area contributed by atoms with Crippen molar-refractivity contribution < 1.29 is 4.79 Å². The van der Waals surface area contributed by atoms with E-state index in [9.17, 15) is 10.1 Å². The second kappa shape index (κ2) is 8.51. The quantitative estimate of drug-likeness (QED) is 0.619. The van der Waals surface area contributed by atoms with Crippen molar-refractivity contribution in [3.63, 3.8) is 0 Å².